The predicted molar refractivity (Wildman–Crippen MR) is 87.5 cm³/mol. The number of carbonyl (C=O) groups excluding carboxylic acids is 2. The highest BCUT2D eigenvalue weighted by Gasteiger charge is 2.89. The summed E-state index contributed by atoms with van der Waals surface area (Å²) in [4.78, 5) is 25.3. The molecule has 11 atom stereocenters. The molecule has 4 heterocycles. The molecule has 6 rings (SSSR count). The number of hydrogen-bond acceptors (Lipinski definition) is 9. The number of hydrogen-bond donors (Lipinski definition) is 3. The number of aliphatic hydroxyl groups excluding tert-OH is 2. The highest BCUT2D eigenvalue weighted by atomic mass is 16.7. The van der Waals surface area contributed by atoms with Crippen LogP contribution < -0.4 is 0 Å². The van der Waals surface area contributed by atoms with Crippen LogP contribution in [0.2, 0.25) is 0 Å². The molecule has 3 saturated heterocycles. The molecule has 6 aliphatic rings. The fraction of sp³-hybridized carbons (Fsp3) is 0.789. The highest BCUT2D eigenvalue weighted by Crippen LogP contribution is 2.75. The van der Waals surface area contributed by atoms with Crippen molar-refractivity contribution in [2.45, 2.75) is 68.6 Å². The normalized spacial score (nSPS) is 59.5. The maximum atomic E-state index is 12.9. The van der Waals surface area contributed by atoms with E-state index in [2.05, 4.69) is 0 Å². The molecular formula is C19H22O9. The van der Waals surface area contributed by atoms with Gasteiger partial charge in [-0.1, -0.05) is 6.92 Å². The maximum absolute atomic E-state index is 12.9. The lowest BCUT2D eigenvalue weighted by molar-refractivity contribution is -0.180. The van der Waals surface area contributed by atoms with Crippen molar-refractivity contribution in [3.05, 3.63) is 11.6 Å². The topological polar surface area (TPSA) is 138 Å². The van der Waals surface area contributed by atoms with Crippen LogP contribution in [0.4, 0.5) is 0 Å². The third kappa shape index (κ3) is 1.51. The van der Waals surface area contributed by atoms with Crippen molar-refractivity contribution in [3.8, 4) is 0 Å². The average Bonchev–Trinajstić information content (AvgIpc) is 3.54. The fourth-order valence-electron chi connectivity index (χ4n) is 6.75. The van der Waals surface area contributed by atoms with Crippen LogP contribution in [-0.2, 0) is 28.5 Å². The molecule has 0 aromatic carbocycles. The molecule has 4 aliphatic heterocycles. The van der Waals surface area contributed by atoms with Crippen LogP contribution in [0.15, 0.2) is 11.6 Å². The summed E-state index contributed by atoms with van der Waals surface area (Å²) in [6.07, 6.45) is -3.16. The fourth-order valence-corrected chi connectivity index (χ4v) is 6.75. The highest BCUT2D eigenvalue weighted by molar-refractivity contribution is 5.88. The largest absolute Gasteiger partial charge is 0.459 e. The lowest BCUT2D eigenvalue weighted by Gasteiger charge is -2.55. The van der Waals surface area contributed by atoms with Crippen molar-refractivity contribution < 1.29 is 43.9 Å². The summed E-state index contributed by atoms with van der Waals surface area (Å²) in [5.74, 6) is -1.55. The van der Waals surface area contributed by atoms with Crippen molar-refractivity contribution >= 4 is 11.9 Å². The number of esters is 2. The smallest absolute Gasteiger partial charge is 0.331 e. The summed E-state index contributed by atoms with van der Waals surface area (Å²) < 4.78 is 22.9. The molecule has 3 N–H and O–H groups in total. The standard InChI is InChI=1S/C19H22O9/c1-16(24,5-20)14-19-6(4-7(21)25-14)17(2)10-8(13(19)28-19)27-15(23)18(10,3)12-9(26-12)11(17)22/h4,8-14,20,22,24H,5H2,1-3H3. The number of fused-ring (bicyclic) bond motifs is 4. The first-order valence-electron chi connectivity index (χ1n) is 9.53. The van der Waals surface area contributed by atoms with Gasteiger partial charge in [-0.2, -0.15) is 0 Å². The van der Waals surface area contributed by atoms with E-state index < -0.39 is 83.1 Å². The number of cyclic esters (lactones) is 1. The van der Waals surface area contributed by atoms with Gasteiger partial charge in [0.25, 0.3) is 0 Å². The van der Waals surface area contributed by atoms with Crippen LogP contribution in [-0.4, -0.2) is 81.7 Å². The first kappa shape index (κ1) is 17.3. The summed E-state index contributed by atoms with van der Waals surface area (Å²) in [7, 11) is 0. The molecule has 5 fully saturated rings. The van der Waals surface area contributed by atoms with Crippen LogP contribution in [0.5, 0.6) is 0 Å². The van der Waals surface area contributed by atoms with Gasteiger partial charge in [0.2, 0.25) is 0 Å². The Bertz CT molecular complexity index is 865. The van der Waals surface area contributed by atoms with Crippen molar-refractivity contribution in [1.82, 2.24) is 0 Å². The van der Waals surface area contributed by atoms with E-state index in [-0.39, 0.29) is 0 Å². The van der Waals surface area contributed by atoms with Crippen molar-refractivity contribution in [2.24, 2.45) is 16.7 Å². The third-order valence-electron chi connectivity index (χ3n) is 8.10. The van der Waals surface area contributed by atoms with E-state index >= 15 is 0 Å². The third-order valence-corrected chi connectivity index (χ3v) is 8.10. The minimum absolute atomic E-state index is 0.407. The summed E-state index contributed by atoms with van der Waals surface area (Å²) in [5.41, 5.74) is -4.58. The molecular weight excluding hydrogens is 372 g/mol. The van der Waals surface area contributed by atoms with Crippen LogP contribution in [0.1, 0.15) is 20.8 Å². The number of ether oxygens (including phenoxy) is 4. The zero-order valence-electron chi connectivity index (χ0n) is 15.6. The Morgan fingerprint density at radius 2 is 1.86 bits per heavy atom. The second-order valence-electron chi connectivity index (χ2n) is 9.60. The molecule has 11 unspecified atom stereocenters. The quantitative estimate of drug-likeness (QED) is 0.374. The molecule has 2 aliphatic carbocycles. The van der Waals surface area contributed by atoms with E-state index in [1.54, 1.807) is 13.8 Å². The molecule has 0 aromatic heterocycles. The van der Waals surface area contributed by atoms with Gasteiger partial charge in [-0.3, -0.25) is 4.79 Å². The number of carbonyl (C=O) groups is 2. The molecule has 0 bridgehead atoms. The Hall–Kier alpha value is -1.52. The number of rotatable bonds is 2. The molecule has 0 amide bonds. The van der Waals surface area contributed by atoms with Gasteiger partial charge in [-0.15, -0.1) is 0 Å². The summed E-state index contributed by atoms with van der Waals surface area (Å²) in [5, 5.41) is 31.6. The summed E-state index contributed by atoms with van der Waals surface area (Å²) in [6.45, 7) is 4.28. The zero-order valence-corrected chi connectivity index (χ0v) is 15.6. The maximum Gasteiger partial charge on any atom is 0.331 e. The van der Waals surface area contributed by atoms with Gasteiger partial charge in [0.05, 0.1) is 12.7 Å². The molecule has 0 radical (unpaired) electrons. The zero-order chi connectivity index (χ0) is 20.0. The van der Waals surface area contributed by atoms with E-state index in [0.717, 1.165) is 0 Å². The van der Waals surface area contributed by atoms with Crippen LogP contribution in [0, 0.1) is 16.7 Å². The minimum Gasteiger partial charge on any atom is -0.459 e. The summed E-state index contributed by atoms with van der Waals surface area (Å²) in [6, 6.07) is 0. The number of epoxide rings is 2. The minimum atomic E-state index is -1.78. The Morgan fingerprint density at radius 1 is 1.14 bits per heavy atom. The van der Waals surface area contributed by atoms with E-state index in [1.165, 1.54) is 13.0 Å². The van der Waals surface area contributed by atoms with Crippen molar-refractivity contribution in [2.75, 3.05) is 6.61 Å². The van der Waals surface area contributed by atoms with Crippen molar-refractivity contribution in [1.29, 1.82) is 0 Å². The Morgan fingerprint density at radius 3 is 2.54 bits per heavy atom. The van der Waals surface area contributed by atoms with E-state index in [0.29, 0.717) is 5.57 Å². The first-order valence-corrected chi connectivity index (χ1v) is 9.53. The molecule has 152 valence electrons. The van der Waals surface area contributed by atoms with Gasteiger partial charge in [0.1, 0.15) is 35.4 Å². The van der Waals surface area contributed by atoms with E-state index in [4.69, 9.17) is 18.9 Å². The monoisotopic (exact) mass is 394 g/mol. The van der Waals surface area contributed by atoms with Crippen LogP contribution in [0.25, 0.3) is 0 Å². The van der Waals surface area contributed by atoms with Crippen LogP contribution in [0.3, 0.4) is 0 Å². The van der Waals surface area contributed by atoms with Gasteiger partial charge in [-0.25, -0.2) is 4.79 Å². The first-order chi connectivity index (χ1) is 13.0. The van der Waals surface area contributed by atoms with Crippen LogP contribution >= 0.6 is 0 Å². The SMILES string of the molecule is CC(O)(CO)C1OC(=O)C=C2C3(C)C(O)C4OC4C4(C)C(=O)OC(C34)C3OC231. The Labute approximate surface area is 160 Å². The molecule has 1 spiro atoms. The molecule has 28 heavy (non-hydrogen) atoms. The van der Waals surface area contributed by atoms with Gasteiger partial charge in [0, 0.05) is 17.4 Å². The molecule has 2 saturated carbocycles. The van der Waals surface area contributed by atoms with Crippen molar-refractivity contribution in [3.63, 3.8) is 0 Å². The average molecular weight is 394 g/mol. The second-order valence-corrected chi connectivity index (χ2v) is 9.60. The van der Waals surface area contributed by atoms with E-state index in [1.807, 2.05) is 0 Å². The van der Waals surface area contributed by atoms with Gasteiger partial charge in [0.15, 0.2) is 11.7 Å². The van der Waals surface area contributed by atoms with Gasteiger partial charge in [-0.05, 0) is 19.4 Å². The lowest BCUT2D eigenvalue weighted by atomic mass is 9.46. The molecule has 0 aromatic rings. The van der Waals surface area contributed by atoms with Gasteiger partial charge >= 0.3 is 11.9 Å². The number of aliphatic hydroxyl groups is 3. The second kappa shape index (κ2) is 4.46. The van der Waals surface area contributed by atoms with E-state index in [9.17, 15) is 24.9 Å². The molecule has 9 nitrogen and oxygen atoms in total. The Kier molecular flexibility index (Phi) is 2.77. The molecule has 9 heteroatoms. The predicted octanol–water partition coefficient (Wildman–Crippen LogP) is -1.57. The lowest BCUT2D eigenvalue weighted by Crippen LogP contribution is -2.68. The van der Waals surface area contributed by atoms with Gasteiger partial charge < -0.3 is 34.3 Å². The Balaban J connectivity index is 1.59. The summed E-state index contributed by atoms with van der Waals surface area (Å²) >= 11 is 0.